The first-order chi connectivity index (χ1) is 8.85. The van der Waals surface area contributed by atoms with Gasteiger partial charge in [0.05, 0.1) is 0 Å². The van der Waals surface area contributed by atoms with E-state index in [0.29, 0.717) is 6.04 Å². The van der Waals surface area contributed by atoms with Gasteiger partial charge in [-0.05, 0) is 38.2 Å². The van der Waals surface area contributed by atoms with E-state index >= 15 is 0 Å². The SMILES string of the molecule is CCCNc1ccnc(N2CCCCC2CC)n1. The van der Waals surface area contributed by atoms with Crippen LogP contribution in [0.3, 0.4) is 0 Å². The minimum absolute atomic E-state index is 0.611. The molecule has 100 valence electrons. The molecule has 1 aromatic heterocycles. The molecule has 2 rings (SSSR count). The second-order valence-electron chi connectivity index (χ2n) is 4.92. The highest BCUT2D eigenvalue weighted by Gasteiger charge is 2.22. The first-order valence-corrected chi connectivity index (χ1v) is 7.18. The molecule has 0 aromatic carbocycles. The number of aromatic nitrogens is 2. The van der Waals surface area contributed by atoms with Crippen molar-refractivity contribution in [1.82, 2.24) is 9.97 Å². The van der Waals surface area contributed by atoms with Crippen molar-refractivity contribution < 1.29 is 0 Å². The molecule has 1 saturated heterocycles. The van der Waals surface area contributed by atoms with Gasteiger partial charge in [0.25, 0.3) is 0 Å². The molecule has 4 heteroatoms. The fourth-order valence-electron chi connectivity index (χ4n) is 2.53. The van der Waals surface area contributed by atoms with Crippen molar-refractivity contribution in [1.29, 1.82) is 0 Å². The van der Waals surface area contributed by atoms with E-state index in [0.717, 1.165) is 31.3 Å². The minimum atomic E-state index is 0.611. The van der Waals surface area contributed by atoms with Crippen molar-refractivity contribution in [2.24, 2.45) is 0 Å². The summed E-state index contributed by atoms with van der Waals surface area (Å²) in [6.45, 7) is 6.47. The van der Waals surface area contributed by atoms with E-state index < -0.39 is 0 Å². The number of piperidine rings is 1. The first-order valence-electron chi connectivity index (χ1n) is 7.18. The Morgan fingerprint density at radius 2 is 2.28 bits per heavy atom. The van der Waals surface area contributed by atoms with Crippen LogP contribution in [0.1, 0.15) is 46.0 Å². The van der Waals surface area contributed by atoms with Gasteiger partial charge in [0.2, 0.25) is 5.95 Å². The third kappa shape index (κ3) is 3.12. The summed E-state index contributed by atoms with van der Waals surface area (Å²) in [5.74, 6) is 1.84. The van der Waals surface area contributed by atoms with Crippen LogP contribution >= 0.6 is 0 Å². The lowest BCUT2D eigenvalue weighted by Gasteiger charge is -2.35. The molecule has 0 bridgehead atoms. The minimum Gasteiger partial charge on any atom is -0.370 e. The topological polar surface area (TPSA) is 41.1 Å². The number of rotatable bonds is 5. The quantitative estimate of drug-likeness (QED) is 0.869. The molecular formula is C14H24N4. The van der Waals surface area contributed by atoms with Gasteiger partial charge in [-0.1, -0.05) is 13.8 Å². The van der Waals surface area contributed by atoms with Gasteiger partial charge in [-0.2, -0.15) is 4.98 Å². The molecule has 1 fully saturated rings. The van der Waals surface area contributed by atoms with E-state index in [2.05, 4.69) is 34.0 Å². The predicted molar refractivity (Wildman–Crippen MR) is 76.1 cm³/mol. The van der Waals surface area contributed by atoms with E-state index in [1.165, 1.54) is 25.7 Å². The second kappa shape index (κ2) is 6.57. The van der Waals surface area contributed by atoms with Crippen LogP contribution in [-0.4, -0.2) is 29.1 Å². The molecule has 1 unspecified atom stereocenters. The van der Waals surface area contributed by atoms with Crippen LogP contribution in [0.2, 0.25) is 0 Å². The Morgan fingerprint density at radius 1 is 1.39 bits per heavy atom. The molecule has 0 aliphatic carbocycles. The normalized spacial score (nSPS) is 19.9. The molecule has 0 spiro atoms. The Morgan fingerprint density at radius 3 is 3.06 bits per heavy atom. The lowest BCUT2D eigenvalue weighted by atomic mass is 10.0. The van der Waals surface area contributed by atoms with Crippen molar-refractivity contribution >= 4 is 11.8 Å². The summed E-state index contributed by atoms with van der Waals surface area (Å²) < 4.78 is 0. The van der Waals surface area contributed by atoms with E-state index in [9.17, 15) is 0 Å². The molecule has 2 heterocycles. The number of hydrogen-bond acceptors (Lipinski definition) is 4. The van der Waals surface area contributed by atoms with Crippen LogP contribution in [0.5, 0.6) is 0 Å². The third-order valence-electron chi connectivity index (χ3n) is 3.55. The van der Waals surface area contributed by atoms with Crippen molar-refractivity contribution in [2.45, 2.75) is 52.0 Å². The highest BCUT2D eigenvalue weighted by Crippen LogP contribution is 2.24. The first kappa shape index (κ1) is 13.1. The van der Waals surface area contributed by atoms with Gasteiger partial charge in [-0.3, -0.25) is 0 Å². The van der Waals surface area contributed by atoms with E-state index in [1.807, 2.05) is 12.3 Å². The van der Waals surface area contributed by atoms with E-state index in [4.69, 9.17) is 0 Å². The molecule has 1 aliphatic rings. The fraction of sp³-hybridized carbons (Fsp3) is 0.714. The monoisotopic (exact) mass is 248 g/mol. The van der Waals surface area contributed by atoms with Crippen molar-refractivity contribution in [2.75, 3.05) is 23.3 Å². The molecule has 0 radical (unpaired) electrons. The molecular weight excluding hydrogens is 224 g/mol. The summed E-state index contributed by atoms with van der Waals surface area (Å²) in [6, 6.07) is 2.56. The number of hydrogen-bond donors (Lipinski definition) is 1. The van der Waals surface area contributed by atoms with Crippen LogP contribution in [0.25, 0.3) is 0 Å². The molecule has 1 atom stereocenters. The highest BCUT2D eigenvalue weighted by molar-refractivity contribution is 5.42. The van der Waals surface area contributed by atoms with Gasteiger partial charge in [0.15, 0.2) is 0 Å². The fourth-order valence-corrected chi connectivity index (χ4v) is 2.53. The Labute approximate surface area is 110 Å². The van der Waals surface area contributed by atoms with Crippen LogP contribution < -0.4 is 10.2 Å². The van der Waals surface area contributed by atoms with Crippen molar-refractivity contribution in [3.05, 3.63) is 12.3 Å². The summed E-state index contributed by atoms with van der Waals surface area (Å²) in [7, 11) is 0. The smallest absolute Gasteiger partial charge is 0.227 e. The second-order valence-corrected chi connectivity index (χ2v) is 4.92. The zero-order chi connectivity index (χ0) is 12.8. The van der Waals surface area contributed by atoms with Crippen LogP contribution in [-0.2, 0) is 0 Å². The maximum absolute atomic E-state index is 4.64. The van der Waals surface area contributed by atoms with E-state index in [1.54, 1.807) is 0 Å². The molecule has 0 amide bonds. The third-order valence-corrected chi connectivity index (χ3v) is 3.55. The lowest BCUT2D eigenvalue weighted by molar-refractivity contribution is 0.443. The Kier molecular flexibility index (Phi) is 4.79. The summed E-state index contributed by atoms with van der Waals surface area (Å²) in [5.41, 5.74) is 0. The lowest BCUT2D eigenvalue weighted by Crippen LogP contribution is -2.40. The van der Waals surface area contributed by atoms with Crippen LogP contribution in [0.15, 0.2) is 12.3 Å². The molecule has 18 heavy (non-hydrogen) atoms. The van der Waals surface area contributed by atoms with Crippen LogP contribution in [0, 0.1) is 0 Å². The maximum atomic E-state index is 4.64. The van der Waals surface area contributed by atoms with Gasteiger partial charge in [0.1, 0.15) is 5.82 Å². The standard InChI is InChI=1S/C14H24N4/c1-3-9-15-13-8-10-16-14(17-13)18-11-6-5-7-12(18)4-2/h8,10,12H,3-7,9,11H2,1-2H3,(H,15,16,17). The highest BCUT2D eigenvalue weighted by atomic mass is 15.3. The van der Waals surface area contributed by atoms with Gasteiger partial charge < -0.3 is 10.2 Å². The predicted octanol–water partition coefficient (Wildman–Crippen LogP) is 3.07. The maximum Gasteiger partial charge on any atom is 0.227 e. The molecule has 1 aromatic rings. The summed E-state index contributed by atoms with van der Waals surface area (Å²) in [5, 5.41) is 3.33. The zero-order valence-corrected chi connectivity index (χ0v) is 11.5. The number of nitrogens with zero attached hydrogens (tertiary/aromatic N) is 3. The largest absolute Gasteiger partial charge is 0.370 e. The molecule has 1 N–H and O–H groups in total. The van der Waals surface area contributed by atoms with E-state index in [-0.39, 0.29) is 0 Å². The van der Waals surface area contributed by atoms with Gasteiger partial charge >= 0.3 is 0 Å². The summed E-state index contributed by atoms with van der Waals surface area (Å²) in [6.07, 6.45) is 8.01. The average molecular weight is 248 g/mol. The van der Waals surface area contributed by atoms with Crippen molar-refractivity contribution in [3.8, 4) is 0 Å². The molecule has 4 nitrogen and oxygen atoms in total. The number of nitrogens with one attached hydrogen (secondary N) is 1. The summed E-state index contributed by atoms with van der Waals surface area (Å²) in [4.78, 5) is 11.5. The van der Waals surface area contributed by atoms with Crippen molar-refractivity contribution in [3.63, 3.8) is 0 Å². The van der Waals surface area contributed by atoms with Gasteiger partial charge in [-0.25, -0.2) is 4.98 Å². The number of anilines is 2. The van der Waals surface area contributed by atoms with Crippen LogP contribution in [0.4, 0.5) is 11.8 Å². The Bertz CT molecular complexity index is 367. The van der Waals surface area contributed by atoms with Gasteiger partial charge in [-0.15, -0.1) is 0 Å². The zero-order valence-electron chi connectivity index (χ0n) is 11.5. The summed E-state index contributed by atoms with van der Waals surface area (Å²) >= 11 is 0. The Balaban J connectivity index is 2.10. The van der Waals surface area contributed by atoms with Gasteiger partial charge in [0, 0.05) is 25.3 Å². The molecule has 1 aliphatic heterocycles. The average Bonchev–Trinajstić information content (AvgIpc) is 2.45. The molecule has 0 saturated carbocycles. The Hall–Kier alpha value is -1.32.